The van der Waals surface area contributed by atoms with Crippen molar-refractivity contribution in [2.75, 3.05) is 12.4 Å². The molecule has 0 aromatic heterocycles. The summed E-state index contributed by atoms with van der Waals surface area (Å²) in [6.45, 7) is 0.477. The number of para-hydroxylation sites is 1. The number of ether oxygens (including phenoxy) is 1. The van der Waals surface area contributed by atoms with E-state index in [1.165, 1.54) is 12.8 Å². The predicted molar refractivity (Wildman–Crippen MR) is 127 cm³/mol. The molecule has 31 heavy (non-hydrogen) atoms. The van der Waals surface area contributed by atoms with E-state index in [1.54, 1.807) is 13.2 Å². The second-order valence-corrected chi connectivity index (χ2v) is 7.83. The van der Waals surface area contributed by atoms with Crippen LogP contribution >= 0.6 is 0 Å². The molecule has 0 amide bonds. The average molecular weight is 416 g/mol. The SMILES string of the molecule is COc1ccccc1CN=C(Nc1cc(-c2ccccc2)ccc1O)NC1CCCC1. The fourth-order valence-electron chi connectivity index (χ4n) is 3.96. The highest BCUT2D eigenvalue weighted by molar-refractivity contribution is 5.96. The molecule has 0 radical (unpaired) electrons. The third kappa shape index (κ3) is 5.37. The molecular formula is C26H29N3O2. The Labute approximate surface area is 183 Å². The Bertz CT molecular complexity index is 1030. The largest absolute Gasteiger partial charge is 0.506 e. The van der Waals surface area contributed by atoms with Gasteiger partial charge >= 0.3 is 0 Å². The van der Waals surface area contributed by atoms with Crippen molar-refractivity contribution in [2.45, 2.75) is 38.3 Å². The number of aliphatic imine (C=N–C) groups is 1. The van der Waals surface area contributed by atoms with Gasteiger partial charge in [-0.15, -0.1) is 0 Å². The number of hydrogen-bond acceptors (Lipinski definition) is 3. The third-order valence-electron chi connectivity index (χ3n) is 5.65. The van der Waals surface area contributed by atoms with Crippen LogP contribution in [0.3, 0.4) is 0 Å². The first-order chi connectivity index (χ1) is 15.2. The molecule has 0 unspecified atom stereocenters. The zero-order chi connectivity index (χ0) is 21.5. The molecule has 0 atom stereocenters. The molecule has 1 aliphatic carbocycles. The smallest absolute Gasteiger partial charge is 0.196 e. The van der Waals surface area contributed by atoms with Gasteiger partial charge in [-0.05, 0) is 42.2 Å². The number of rotatable bonds is 6. The third-order valence-corrected chi connectivity index (χ3v) is 5.65. The van der Waals surface area contributed by atoms with Crippen LogP contribution in [0.4, 0.5) is 5.69 Å². The normalized spacial score (nSPS) is 14.4. The molecule has 1 saturated carbocycles. The molecule has 160 valence electrons. The van der Waals surface area contributed by atoms with E-state index in [1.807, 2.05) is 54.6 Å². The maximum Gasteiger partial charge on any atom is 0.196 e. The minimum Gasteiger partial charge on any atom is -0.506 e. The Morgan fingerprint density at radius 3 is 2.48 bits per heavy atom. The van der Waals surface area contributed by atoms with Crippen molar-refractivity contribution in [3.8, 4) is 22.6 Å². The van der Waals surface area contributed by atoms with Crippen molar-refractivity contribution in [3.63, 3.8) is 0 Å². The number of benzene rings is 3. The summed E-state index contributed by atoms with van der Waals surface area (Å²) in [5.74, 6) is 1.68. The van der Waals surface area contributed by atoms with Crippen LogP contribution in [-0.2, 0) is 6.54 Å². The van der Waals surface area contributed by atoms with Crippen molar-refractivity contribution >= 4 is 11.6 Å². The maximum atomic E-state index is 10.5. The number of guanidine groups is 1. The van der Waals surface area contributed by atoms with Gasteiger partial charge in [0, 0.05) is 11.6 Å². The van der Waals surface area contributed by atoms with Crippen molar-refractivity contribution < 1.29 is 9.84 Å². The summed E-state index contributed by atoms with van der Waals surface area (Å²) in [5.41, 5.74) is 3.78. The van der Waals surface area contributed by atoms with Crippen LogP contribution in [0.1, 0.15) is 31.2 Å². The van der Waals surface area contributed by atoms with Crippen molar-refractivity contribution in [1.29, 1.82) is 0 Å². The molecule has 4 rings (SSSR count). The van der Waals surface area contributed by atoms with Crippen LogP contribution < -0.4 is 15.4 Å². The van der Waals surface area contributed by atoms with E-state index in [4.69, 9.17) is 9.73 Å². The molecule has 3 N–H and O–H groups in total. The van der Waals surface area contributed by atoms with Gasteiger partial charge in [0.1, 0.15) is 11.5 Å². The predicted octanol–water partition coefficient (Wildman–Crippen LogP) is 5.57. The number of phenolic OH excluding ortho intramolecular Hbond substituents is 1. The highest BCUT2D eigenvalue weighted by Gasteiger charge is 2.17. The van der Waals surface area contributed by atoms with Gasteiger partial charge in [0.2, 0.25) is 0 Å². The average Bonchev–Trinajstić information content (AvgIpc) is 3.32. The number of hydrogen-bond donors (Lipinski definition) is 3. The minimum absolute atomic E-state index is 0.192. The van der Waals surface area contributed by atoms with Gasteiger partial charge in [-0.2, -0.15) is 0 Å². The summed E-state index contributed by atoms with van der Waals surface area (Å²) in [6.07, 6.45) is 4.72. The maximum absolute atomic E-state index is 10.5. The lowest BCUT2D eigenvalue weighted by Gasteiger charge is -2.19. The van der Waals surface area contributed by atoms with Gasteiger partial charge in [0.15, 0.2) is 5.96 Å². The highest BCUT2D eigenvalue weighted by atomic mass is 16.5. The zero-order valence-corrected chi connectivity index (χ0v) is 17.8. The van der Waals surface area contributed by atoms with Gasteiger partial charge in [0.05, 0.1) is 19.3 Å². The number of methoxy groups -OCH3 is 1. The van der Waals surface area contributed by atoms with Gasteiger partial charge < -0.3 is 20.5 Å². The summed E-state index contributed by atoms with van der Waals surface area (Å²) < 4.78 is 5.46. The van der Waals surface area contributed by atoms with E-state index < -0.39 is 0 Å². The van der Waals surface area contributed by atoms with E-state index in [0.29, 0.717) is 24.2 Å². The fraction of sp³-hybridized carbons (Fsp3) is 0.269. The summed E-state index contributed by atoms with van der Waals surface area (Å²) in [6, 6.07) is 24.0. The molecular weight excluding hydrogens is 386 g/mol. The monoisotopic (exact) mass is 415 g/mol. The first-order valence-corrected chi connectivity index (χ1v) is 10.8. The fourth-order valence-corrected chi connectivity index (χ4v) is 3.96. The second-order valence-electron chi connectivity index (χ2n) is 7.83. The first-order valence-electron chi connectivity index (χ1n) is 10.8. The van der Waals surface area contributed by atoms with Gasteiger partial charge in [-0.3, -0.25) is 0 Å². The molecule has 1 fully saturated rings. The number of anilines is 1. The van der Waals surface area contributed by atoms with Crippen LogP contribution in [0.5, 0.6) is 11.5 Å². The Morgan fingerprint density at radius 2 is 1.71 bits per heavy atom. The van der Waals surface area contributed by atoms with Crippen LogP contribution in [0.2, 0.25) is 0 Å². The van der Waals surface area contributed by atoms with E-state index in [2.05, 4.69) is 22.8 Å². The minimum atomic E-state index is 0.192. The summed E-state index contributed by atoms with van der Waals surface area (Å²) in [5, 5.41) is 17.4. The van der Waals surface area contributed by atoms with E-state index >= 15 is 0 Å². The van der Waals surface area contributed by atoms with E-state index in [0.717, 1.165) is 35.3 Å². The van der Waals surface area contributed by atoms with Gasteiger partial charge in [0.25, 0.3) is 0 Å². The van der Waals surface area contributed by atoms with Crippen molar-refractivity contribution in [2.24, 2.45) is 4.99 Å². The van der Waals surface area contributed by atoms with Gasteiger partial charge in [-0.1, -0.05) is 67.4 Å². The quantitative estimate of drug-likeness (QED) is 0.280. The Kier molecular flexibility index (Phi) is 6.72. The molecule has 5 nitrogen and oxygen atoms in total. The topological polar surface area (TPSA) is 65.9 Å². The summed E-state index contributed by atoms with van der Waals surface area (Å²) in [4.78, 5) is 4.81. The first kappa shape index (κ1) is 20.8. The van der Waals surface area contributed by atoms with Crippen molar-refractivity contribution in [3.05, 3.63) is 78.4 Å². The molecule has 5 heteroatoms. The standard InChI is InChI=1S/C26H29N3O2/c1-31-25-14-8-5-11-21(25)18-27-26(28-22-12-6-7-13-22)29-23-17-20(15-16-24(23)30)19-9-3-2-4-10-19/h2-5,8-11,14-17,22,30H,6-7,12-13,18H2,1H3,(H2,27,28,29). The molecule has 1 aliphatic rings. The summed E-state index contributed by atoms with van der Waals surface area (Å²) >= 11 is 0. The Balaban J connectivity index is 1.59. The van der Waals surface area contributed by atoms with Crippen molar-refractivity contribution in [1.82, 2.24) is 5.32 Å². The molecule has 0 spiro atoms. The molecule has 3 aromatic carbocycles. The van der Waals surface area contributed by atoms with Crippen LogP contribution in [-0.4, -0.2) is 24.2 Å². The number of nitrogens with one attached hydrogen (secondary N) is 2. The molecule has 0 heterocycles. The van der Waals surface area contributed by atoms with E-state index in [-0.39, 0.29) is 5.75 Å². The molecule has 0 bridgehead atoms. The lowest BCUT2D eigenvalue weighted by molar-refractivity contribution is 0.410. The van der Waals surface area contributed by atoms with E-state index in [9.17, 15) is 5.11 Å². The van der Waals surface area contributed by atoms with Gasteiger partial charge in [-0.25, -0.2) is 4.99 Å². The highest BCUT2D eigenvalue weighted by Crippen LogP contribution is 2.30. The summed E-state index contributed by atoms with van der Waals surface area (Å²) in [7, 11) is 1.67. The lowest BCUT2D eigenvalue weighted by atomic mass is 10.0. The Morgan fingerprint density at radius 1 is 0.968 bits per heavy atom. The van der Waals surface area contributed by atoms with Crippen LogP contribution in [0.15, 0.2) is 77.8 Å². The number of phenols is 1. The van der Waals surface area contributed by atoms with Crippen LogP contribution in [0, 0.1) is 0 Å². The zero-order valence-electron chi connectivity index (χ0n) is 17.8. The molecule has 0 saturated heterocycles. The second kappa shape index (κ2) is 10.0. The Hall–Kier alpha value is -3.47. The lowest BCUT2D eigenvalue weighted by Crippen LogP contribution is -2.37. The molecule has 3 aromatic rings. The number of aromatic hydroxyl groups is 1. The van der Waals surface area contributed by atoms with Crippen LogP contribution in [0.25, 0.3) is 11.1 Å². The number of nitrogens with zero attached hydrogens (tertiary/aromatic N) is 1. The molecule has 0 aliphatic heterocycles.